The van der Waals surface area contributed by atoms with E-state index in [1.165, 1.54) is 0 Å². The van der Waals surface area contributed by atoms with Gasteiger partial charge in [0.1, 0.15) is 12.3 Å². The lowest BCUT2D eigenvalue weighted by atomic mass is 10.1. The Morgan fingerprint density at radius 2 is 2.09 bits per heavy atom. The Kier molecular flexibility index (Phi) is 3.25. The number of ether oxygens (including phenoxy) is 1. The third-order valence-corrected chi connectivity index (χ3v) is 4.28. The first-order chi connectivity index (χ1) is 11.2. The number of carbonyl (C=O) groups is 2. The molecular formula is C16H16N4O3. The fourth-order valence-electron chi connectivity index (χ4n) is 3.03. The number of rotatable bonds is 2. The molecule has 1 N–H and O–H groups in total. The van der Waals surface area contributed by atoms with Crippen molar-refractivity contribution in [2.75, 3.05) is 26.2 Å². The van der Waals surface area contributed by atoms with Gasteiger partial charge in [0.25, 0.3) is 5.91 Å². The van der Waals surface area contributed by atoms with Gasteiger partial charge in [0.05, 0.1) is 11.7 Å². The molecule has 0 aliphatic carbocycles. The molecule has 0 radical (unpaired) electrons. The van der Waals surface area contributed by atoms with Crippen molar-refractivity contribution < 1.29 is 14.3 Å². The van der Waals surface area contributed by atoms with Crippen molar-refractivity contribution >= 4 is 12.0 Å². The predicted molar refractivity (Wildman–Crippen MR) is 81.8 cm³/mol. The van der Waals surface area contributed by atoms with E-state index < -0.39 is 0 Å². The number of nitrogens with one attached hydrogen (secondary N) is 1. The molecule has 2 amide bonds. The Hall–Kier alpha value is -2.83. The van der Waals surface area contributed by atoms with E-state index in [4.69, 9.17) is 4.74 Å². The van der Waals surface area contributed by atoms with Crippen LogP contribution in [0.1, 0.15) is 10.5 Å². The molecule has 4 rings (SSSR count). The second-order valence-electron chi connectivity index (χ2n) is 5.71. The van der Waals surface area contributed by atoms with E-state index in [9.17, 15) is 9.59 Å². The fraction of sp³-hybridized carbons (Fsp3) is 0.312. The highest BCUT2D eigenvalue weighted by molar-refractivity contribution is 5.93. The molecule has 2 fully saturated rings. The SMILES string of the molecule is O=C(c1cc(-c2ccccc2)n[nH]1)N1CCN2C(=O)OCC2C1. The number of cyclic esters (lactones) is 1. The molecule has 118 valence electrons. The van der Waals surface area contributed by atoms with Crippen LogP contribution >= 0.6 is 0 Å². The van der Waals surface area contributed by atoms with E-state index in [0.29, 0.717) is 31.9 Å². The first-order valence-electron chi connectivity index (χ1n) is 7.56. The van der Waals surface area contributed by atoms with Crippen LogP contribution in [-0.2, 0) is 4.74 Å². The van der Waals surface area contributed by atoms with E-state index in [0.717, 1.165) is 11.3 Å². The van der Waals surface area contributed by atoms with Crippen LogP contribution in [0.4, 0.5) is 4.79 Å². The van der Waals surface area contributed by atoms with Gasteiger partial charge in [0.2, 0.25) is 0 Å². The number of aromatic nitrogens is 2. The molecule has 7 heteroatoms. The van der Waals surface area contributed by atoms with Crippen molar-refractivity contribution in [2.24, 2.45) is 0 Å². The summed E-state index contributed by atoms with van der Waals surface area (Å²) in [5.74, 6) is -0.0984. The second kappa shape index (κ2) is 5.42. The van der Waals surface area contributed by atoms with E-state index in [-0.39, 0.29) is 18.0 Å². The molecule has 3 heterocycles. The van der Waals surface area contributed by atoms with Crippen LogP contribution in [0.25, 0.3) is 11.3 Å². The highest BCUT2D eigenvalue weighted by Gasteiger charge is 2.39. The molecule has 2 aliphatic heterocycles. The quantitative estimate of drug-likeness (QED) is 0.908. The average Bonchev–Trinajstić information content (AvgIpc) is 3.22. The predicted octanol–water partition coefficient (Wildman–Crippen LogP) is 1.35. The van der Waals surface area contributed by atoms with Gasteiger partial charge >= 0.3 is 6.09 Å². The van der Waals surface area contributed by atoms with Gasteiger partial charge in [-0.25, -0.2) is 4.79 Å². The van der Waals surface area contributed by atoms with Crippen LogP contribution < -0.4 is 0 Å². The largest absolute Gasteiger partial charge is 0.447 e. The summed E-state index contributed by atoms with van der Waals surface area (Å²) in [6.07, 6.45) is -0.282. The number of hydrogen-bond acceptors (Lipinski definition) is 4. The maximum Gasteiger partial charge on any atom is 0.410 e. The minimum absolute atomic E-state index is 0.0447. The second-order valence-corrected chi connectivity index (χ2v) is 5.71. The van der Waals surface area contributed by atoms with Crippen molar-refractivity contribution in [2.45, 2.75) is 6.04 Å². The van der Waals surface area contributed by atoms with Gasteiger partial charge in [-0.05, 0) is 6.07 Å². The molecule has 2 aliphatic rings. The minimum Gasteiger partial charge on any atom is -0.447 e. The van der Waals surface area contributed by atoms with Crippen molar-refractivity contribution in [1.29, 1.82) is 0 Å². The van der Waals surface area contributed by atoms with Crippen LogP contribution in [0, 0.1) is 0 Å². The van der Waals surface area contributed by atoms with E-state index in [1.54, 1.807) is 15.9 Å². The third kappa shape index (κ3) is 2.44. The third-order valence-electron chi connectivity index (χ3n) is 4.28. The highest BCUT2D eigenvalue weighted by atomic mass is 16.6. The van der Waals surface area contributed by atoms with Gasteiger partial charge in [-0.15, -0.1) is 0 Å². The molecule has 1 aromatic heterocycles. The Morgan fingerprint density at radius 3 is 2.91 bits per heavy atom. The van der Waals surface area contributed by atoms with Crippen molar-refractivity contribution in [3.8, 4) is 11.3 Å². The molecule has 2 aromatic rings. The Morgan fingerprint density at radius 1 is 1.26 bits per heavy atom. The monoisotopic (exact) mass is 312 g/mol. The van der Waals surface area contributed by atoms with Crippen LogP contribution in [0.5, 0.6) is 0 Å². The normalized spacial score (nSPS) is 20.3. The maximum atomic E-state index is 12.6. The lowest BCUT2D eigenvalue weighted by Crippen LogP contribution is -2.53. The lowest BCUT2D eigenvalue weighted by Gasteiger charge is -2.35. The molecule has 7 nitrogen and oxygen atoms in total. The standard InChI is InChI=1S/C16H16N4O3/c21-15(19-6-7-20-12(9-19)10-23-16(20)22)14-8-13(17-18-14)11-4-2-1-3-5-11/h1-5,8,12H,6-7,9-10H2,(H,17,18). The van der Waals surface area contributed by atoms with E-state index in [1.807, 2.05) is 30.3 Å². The number of piperazine rings is 1. The molecule has 0 spiro atoms. The number of benzene rings is 1. The molecular weight excluding hydrogens is 296 g/mol. The zero-order valence-electron chi connectivity index (χ0n) is 12.4. The summed E-state index contributed by atoms with van der Waals surface area (Å²) in [7, 11) is 0. The smallest absolute Gasteiger partial charge is 0.410 e. The van der Waals surface area contributed by atoms with Crippen LogP contribution in [0.3, 0.4) is 0 Å². The van der Waals surface area contributed by atoms with Crippen molar-refractivity contribution in [1.82, 2.24) is 20.0 Å². The van der Waals surface area contributed by atoms with Gasteiger partial charge in [0, 0.05) is 25.2 Å². The zero-order chi connectivity index (χ0) is 15.8. The molecule has 1 unspecified atom stereocenters. The molecule has 2 saturated heterocycles. The maximum absolute atomic E-state index is 12.6. The van der Waals surface area contributed by atoms with Crippen molar-refractivity contribution in [3.05, 3.63) is 42.1 Å². The Labute approximate surface area is 132 Å². The first kappa shape index (κ1) is 13.8. The number of nitrogens with zero attached hydrogens (tertiary/aromatic N) is 3. The molecule has 0 bridgehead atoms. The number of H-pyrrole nitrogens is 1. The summed E-state index contributed by atoms with van der Waals surface area (Å²) < 4.78 is 5.02. The highest BCUT2D eigenvalue weighted by Crippen LogP contribution is 2.21. The number of hydrogen-bond donors (Lipinski definition) is 1. The molecule has 23 heavy (non-hydrogen) atoms. The molecule has 1 aromatic carbocycles. The summed E-state index contributed by atoms with van der Waals surface area (Å²) in [5, 5.41) is 7.04. The van der Waals surface area contributed by atoms with Crippen molar-refractivity contribution in [3.63, 3.8) is 0 Å². The molecule has 1 atom stereocenters. The van der Waals surface area contributed by atoms with Crippen LogP contribution in [-0.4, -0.2) is 64.3 Å². The van der Waals surface area contributed by atoms with Crippen LogP contribution in [0.2, 0.25) is 0 Å². The topological polar surface area (TPSA) is 78.5 Å². The molecule has 0 saturated carbocycles. The fourth-order valence-corrected chi connectivity index (χ4v) is 3.03. The number of carbonyl (C=O) groups excluding carboxylic acids is 2. The number of fused-ring (bicyclic) bond motifs is 1. The van der Waals surface area contributed by atoms with Gasteiger partial charge in [0.15, 0.2) is 0 Å². The lowest BCUT2D eigenvalue weighted by molar-refractivity contribution is 0.0611. The van der Waals surface area contributed by atoms with E-state index >= 15 is 0 Å². The van der Waals surface area contributed by atoms with Gasteiger partial charge in [-0.3, -0.25) is 14.8 Å². The van der Waals surface area contributed by atoms with E-state index in [2.05, 4.69) is 10.2 Å². The van der Waals surface area contributed by atoms with Gasteiger partial charge < -0.3 is 9.64 Å². The number of amides is 2. The summed E-state index contributed by atoms with van der Waals surface area (Å²) >= 11 is 0. The Bertz CT molecular complexity index is 743. The average molecular weight is 312 g/mol. The number of aromatic amines is 1. The zero-order valence-corrected chi connectivity index (χ0v) is 12.4. The summed E-state index contributed by atoms with van der Waals surface area (Å²) in [5.41, 5.74) is 2.16. The first-order valence-corrected chi connectivity index (χ1v) is 7.56. The van der Waals surface area contributed by atoms with Gasteiger partial charge in [-0.1, -0.05) is 30.3 Å². The van der Waals surface area contributed by atoms with Gasteiger partial charge in [-0.2, -0.15) is 5.10 Å². The Balaban J connectivity index is 1.50. The summed E-state index contributed by atoms with van der Waals surface area (Å²) in [6.45, 7) is 1.85. The minimum atomic E-state index is -0.282. The summed E-state index contributed by atoms with van der Waals surface area (Å²) in [4.78, 5) is 27.6. The van der Waals surface area contributed by atoms with Crippen LogP contribution in [0.15, 0.2) is 36.4 Å². The summed E-state index contributed by atoms with van der Waals surface area (Å²) in [6, 6.07) is 11.4.